The van der Waals surface area contributed by atoms with Crippen LogP contribution in [-0.2, 0) is 0 Å². The molecule has 0 aromatic carbocycles. The second-order valence-electron chi connectivity index (χ2n) is 3.63. The Morgan fingerprint density at radius 2 is 1.93 bits per heavy atom. The number of nitrogens with zero attached hydrogens (tertiary/aromatic N) is 2. The Morgan fingerprint density at radius 1 is 1.33 bits per heavy atom. The van der Waals surface area contributed by atoms with Crippen LogP contribution >= 0.6 is 35.3 Å². The lowest BCUT2D eigenvalue weighted by Gasteiger charge is -2.21. The lowest BCUT2D eigenvalue weighted by molar-refractivity contribution is 0.864. The van der Waals surface area contributed by atoms with Crippen molar-refractivity contribution in [3.63, 3.8) is 0 Å². The van der Waals surface area contributed by atoms with Crippen molar-refractivity contribution in [3.8, 4) is 12.1 Å². The quantitative estimate of drug-likeness (QED) is 0.683. The zero-order valence-electron chi connectivity index (χ0n) is 9.48. The topological polar surface area (TPSA) is 47.6 Å². The molecule has 0 saturated heterocycles. The number of rotatable bonds is 6. The van der Waals surface area contributed by atoms with Crippen LogP contribution in [0.3, 0.4) is 0 Å². The summed E-state index contributed by atoms with van der Waals surface area (Å²) in [5.41, 5.74) is 0. The predicted molar refractivity (Wildman–Crippen MR) is 71.8 cm³/mol. The Kier molecular flexibility index (Phi) is 7.34. The van der Waals surface area contributed by atoms with Gasteiger partial charge in [0.05, 0.1) is 26.7 Å². The summed E-state index contributed by atoms with van der Waals surface area (Å²) in [6.07, 6.45) is 2.04. The third-order valence-corrected chi connectivity index (χ3v) is 6.33. The molecular weight excluding hydrogens is 244 g/mol. The monoisotopic (exact) mass is 260 g/mol. The van der Waals surface area contributed by atoms with Gasteiger partial charge in [0.1, 0.15) is 0 Å². The Morgan fingerprint density at radius 3 is 2.33 bits per heavy atom. The highest BCUT2D eigenvalue weighted by Gasteiger charge is 2.23. The zero-order valence-corrected chi connectivity index (χ0v) is 11.9. The molecule has 5 heteroatoms. The van der Waals surface area contributed by atoms with E-state index in [1.54, 1.807) is 35.3 Å². The molecule has 15 heavy (non-hydrogen) atoms. The molecule has 0 heterocycles. The average molecular weight is 260 g/mol. The van der Waals surface area contributed by atoms with Crippen LogP contribution in [0.5, 0.6) is 0 Å². The molecule has 0 aliphatic heterocycles. The van der Waals surface area contributed by atoms with E-state index in [4.69, 9.17) is 10.5 Å². The van der Waals surface area contributed by atoms with Crippen molar-refractivity contribution in [1.29, 1.82) is 10.5 Å². The number of hydrogen-bond donors (Lipinski definition) is 0. The first-order chi connectivity index (χ1) is 6.95. The highest BCUT2D eigenvalue weighted by atomic mass is 32.3. The number of hydrogen-bond acceptors (Lipinski definition) is 5. The van der Waals surface area contributed by atoms with E-state index in [-0.39, 0.29) is 10.7 Å². The van der Waals surface area contributed by atoms with E-state index in [1.807, 2.05) is 27.0 Å². The molecule has 0 aromatic rings. The summed E-state index contributed by atoms with van der Waals surface area (Å²) in [6.45, 7) is 5.77. The lowest BCUT2D eigenvalue weighted by atomic mass is 10.2. The summed E-state index contributed by atoms with van der Waals surface area (Å²) >= 11 is 5.13. The second kappa shape index (κ2) is 7.33. The molecule has 0 aromatic heterocycles. The third kappa shape index (κ3) is 7.00. The van der Waals surface area contributed by atoms with Gasteiger partial charge in [-0.05, 0) is 27.0 Å². The van der Waals surface area contributed by atoms with Gasteiger partial charge in [0.15, 0.2) is 0 Å². The third-order valence-electron chi connectivity index (χ3n) is 1.56. The van der Waals surface area contributed by atoms with Gasteiger partial charge in [-0.25, -0.2) is 0 Å². The molecule has 2 nitrogen and oxygen atoms in total. The van der Waals surface area contributed by atoms with Crippen molar-refractivity contribution < 1.29 is 0 Å². The largest absolute Gasteiger partial charge is 0.198 e. The van der Waals surface area contributed by atoms with Gasteiger partial charge >= 0.3 is 0 Å². The summed E-state index contributed by atoms with van der Waals surface area (Å²) in [7, 11) is 0. The van der Waals surface area contributed by atoms with Gasteiger partial charge in [-0.2, -0.15) is 10.5 Å². The predicted octanol–water partition coefficient (Wildman–Crippen LogP) is 3.56. The smallest absolute Gasteiger partial charge is 0.0987 e. The maximum absolute atomic E-state index is 8.92. The zero-order chi connectivity index (χ0) is 11.9. The van der Waals surface area contributed by atoms with Gasteiger partial charge in [0.25, 0.3) is 0 Å². The van der Waals surface area contributed by atoms with E-state index < -0.39 is 0 Å². The van der Waals surface area contributed by atoms with Gasteiger partial charge < -0.3 is 0 Å². The van der Waals surface area contributed by atoms with Crippen LogP contribution in [0, 0.1) is 28.6 Å². The number of nitriles is 2. The Labute approximate surface area is 105 Å². The van der Waals surface area contributed by atoms with Crippen LogP contribution in [0.4, 0.5) is 0 Å². The molecular formula is C10H16N2S3. The standard InChI is InChI=1S/C10H16N2S3/c1-8(5-11)6-14-9(13-4)15-10(2,3)7-12/h8-9H,6H2,1-4H3. The van der Waals surface area contributed by atoms with Crippen molar-refractivity contribution >= 4 is 35.3 Å². The minimum Gasteiger partial charge on any atom is -0.198 e. The molecule has 0 aliphatic rings. The van der Waals surface area contributed by atoms with Crippen LogP contribution in [0.1, 0.15) is 20.8 Å². The molecule has 0 saturated carbocycles. The molecule has 84 valence electrons. The van der Waals surface area contributed by atoms with Gasteiger partial charge in [-0.3, -0.25) is 0 Å². The molecule has 2 unspecified atom stereocenters. The Balaban J connectivity index is 4.07. The summed E-state index contributed by atoms with van der Waals surface area (Å²) in [5, 5.41) is 17.6. The summed E-state index contributed by atoms with van der Waals surface area (Å²) in [6, 6.07) is 4.50. The Hall–Kier alpha value is 0.0300. The van der Waals surface area contributed by atoms with Crippen molar-refractivity contribution in [1.82, 2.24) is 0 Å². The first kappa shape index (κ1) is 15.0. The maximum atomic E-state index is 8.92. The summed E-state index contributed by atoms with van der Waals surface area (Å²) < 4.78 is -0.0215. The SMILES string of the molecule is CSC(SCC(C)C#N)SC(C)(C)C#N. The van der Waals surface area contributed by atoms with E-state index >= 15 is 0 Å². The maximum Gasteiger partial charge on any atom is 0.0987 e. The van der Waals surface area contributed by atoms with E-state index in [1.165, 1.54) is 0 Å². The van der Waals surface area contributed by atoms with Gasteiger partial charge in [-0.1, -0.05) is 0 Å². The van der Waals surface area contributed by atoms with Crippen LogP contribution in [0.2, 0.25) is 0 Å². The number of thioether (sulfide) groups is 3. The average Bonchev–Trinajstić information content (AvgIpc) is 2.23. The van der Waals surface area contributed by atoms with Crippen molar-refractivity contribution in [3.05, 3.63) is 0 Å². The molecule has 0 spiro atoms. The molecule has 2 atom stereocenters. The minimum atomic E-state index is -0.351. The minimum absolute atomic E-state index is 0.0791. The van der Waals surface area contributed by atoms with E-state index in [0.29, 0.717) is 3.91 Å². The van der Waals surface area contributed by atoms with E-state index in [0.717, 1.165) is 5.75 Å². The molecule has 0 rings (SSSR count). The fourth-order valence-corrected chi connectivity index (χ4v) is 4.85. The molecule has 0 radical (unpaired) electrons. The fraction of sp³-hybridized carbons (Fsp3) is 0.800. The van der Waals surface area contributed by atoms with Crippen LogP contribution in [0.15, 0.2) is 0 Å². The van der Waals surface area contributed by atoms with Crippen molar-refractivity contribution in [2.75, 3.05) is 12.0 Å². The first-order valence-electron chi connectivity index (χ1n) is 4.58. The fourth-order valence-electron chi connectivity index (χ4n) is 0.677. The van der Waals surface area contributed by atoms with E-state index in [2.05, 4.69) is 12.1 Å². The lowest BCUT2D eigenvalue weighted by Crippen LogP contribution is -2.14. The molecule has 0 N–H and O–H groups in total. The van der Waals surface area contributed by atoms with Gasteiger partial charge in [0.2, 0.25) is 0 Å². The Bertz CT molecular complexity index is 265. The van der Waals surface area contributed by atoms with Crippen molar-refractivity contribution in [2.24, 2.45) is 5.92 Å². The van der Waals surface area contributed by atoms with Gasteiger partial charge in [-0.15, -0.1) is 35.3 Å². The van der Waals surface area contributed by atoms with E-state index in [9.17, 15) is 0 Å². The molecule has 0 amide bonds. The second-order valence-corrected chi connectivity index (χ2v) is 8.33. The highest BCUT2D eigenvalue weighted by Crippen LogP contribution is 2.40. The molecule has 0 fully saturated rings. The normalized spacial score (nSPS) is 15.1. The van der Waals surface area contributed by atoms with Crippen LogP contribution in [-0.4, -0.2) is 20.7 Å². The van der Waals surface area contributed by atoms with Crippen molar-refractivity contribution in [2.45, 2.75) is 29.4 Å². The first-order valence-corrected chi connectivity index (χ1v) is 7.80. The summed E-state index contributed by atoms with van der Waals surface area (Å²) in [4.78, 5) is 0. The summed E-state index contributed by atoms with van der Waals surface area (Å²) in [5.74, 6) is 0.909. The van der Waals surface area contributed by atoms with Crippen LogP contribution < -0.4 is 0 Å². The van der Waals surface area contributed by atoms with Crippen LogP contribution in [0.25, 0.3) is 0 Å². The molecule has 0 aliphatic carbocycles. The highest BCUT2D eigenvalue weighted by molar-refractivity contribution is 8.32. The molecule has 0 bridgehead atoms. The van der Waals surface area contributed by atoms with Gasteiger partial charge in [0, 0.05) is 5.75 Å².